The Kier molecular flexibility index (Phi) is 9.29. The molecule has 3 aromatic carbocycles. The molecule has 0 atom stereocenters. The van der Waals surface area contributed by atoms with Gasteiger partial charge in [-0.05, 0) is 94.1 Å². The van der Waals surface area contributed by atoms with E-state index in [2.05, 4.69) is 101 Å². The van der Waals surface area contributed by atoms with Crippen LogP contribution in [0.3, 0.4) is 0 Å². The second-order valence-electron chi connectivity index (χ2n) is 14.3. The number of Topliss-reactive ketones (excluding diaryl/α,β-unsaturated/α-hetero) is 2. The van der Waals surface area contributed by atoms with Crippen LogP contribution in [-0.4, -0.2) is 23.1 Å². The highest BCUT2D eigenvalue weighted by molar-refractivity contribution is 14.1. The van der Waals surface area contributed by atoms with Gasteiger partial charge in [0.15, 0.2) is 23.1 Å². The Morgan fingerprint density at radius 2 is 1.39 bits per heavy atom. The molecule has 0 amide bonds. The highest BCUT2D eigenvalue weighted by Gasteiger charge is 2.49. The smallest absolute Gasteiger partial charge is 0.174 e. The normalized spacial score (nSPS) is 19.2. The number of hydrogen-bond acceptors (Lipinski definition) is 5. The quantitative estimate of drug-likeness (QED) is 0.213. The van der Waals surface area contributed by atoms with Gasteiger partial charge in [0.05, 0.1) is 10.2 Å². The number of carbonyl (C=O) groups is 2. The van der Waals surface area contributed by atoms with E-state index in [1.54, 1.807) is 0 Å². The van der Waals surface area contributed by atoms with Crippen LogP contribution >= 0.6 is 38.5 Å². The van der Waals surface area contributed by atoms with Crippen LogP contribution in [0.5, 0.6) is 11.5 Å². The second-order valence-corrected chi connectivity index (χ2v) is 16.4. The van der Waals surface area contributed by atoms with E-state index in [4.69, 9.17) is 9.47 Å². The van der Waals surface area contributed by atoms with Gasteiger partial charge in [0.1, 0.15) is 6.61 Å². The molecule has 7 heteroatoms. The molecule has 240 valence electrons. The maximum absolute atomic E-state index is 14.3. The minimum atomic E-state index is -0.447. The predicted octanol–water partition coefficient (Wildman–Crippen LogP) is 9.92. The van der Waals surface area contributed by atoms with E-state index in [1.165, 1.54) is 0 Å². The third-order valence-corrected chi connectivity index (χ3v) is 10.5. The molecule has 0 aromatic heterocycles. The monoisotopic (exact) mass is 793 g/mol. The fourth-order valence-electron chi connectivity index (χ4n) is 7.23. The van der Waals surface area contributed by atoms with E-state index >= 15 is 0 Å². The van der Waals surface area contributed by atoms with Gasteiger partial charge in [0, 0.05) is 52.3 Å². The van der Waals surface area contributed by atoms with Gasteiger partial charge in [0.25, 0.3) is 0 Å². The maximum atomic E-state index is 14.3. The van der Waals surface area contributed by atoms with E-state index in [0.717, 1.165) is 60.1 Å². The third kappa shape index (κ3) is 6.73. The molecule has 0 bridgehead atoms. The molecule has 1 heterocycles. The molecule has 1 aliphatic heterocycles. The van der Waals surface area contributed by atoms with Crippen molar-refractivity contribution in [3.05, 3.63) is 114 Å². The highest BCUT2D eigenvalue weighted by Crippen LogP contribution is 2.55. The first kappa shape index (κ1) is 33.0. The van der Waals surface area contributed by atoms with E-state index in [-0.39, 0.29) is 22.4 Å². The molecule has 2 aliphatic carbocycles. The van der Waals surface area contributed by atoms with Crippen molar-refractivity contribution in [3.63, 3.8) is 0 Å². The summed E-state index contributed by atoms with van der Waals surface area (Å²) in [4.78, 5) is 30.9. The van der Waals surface area contributed by atoms with Crippen molar-refractivity contribution in [1.29, 1.82) is 0 Å². The second kappa shape index (κ2) is 12.9. The van der Waals surface area contributed by atoms with Gasteiger partial charge >= 0.3 is 0 Å². The fraction of sp³-hybridized carbons (Fsp3) is 0.385. The lowest BCUT2D eigenvalue weighted by molar-refractivity contribution is -0.119. The first-order valence-corrected chi connectivity index (χ1v) is 17.9. The van der Waals surface area contributed by atoms with Crippen molar-refractivity contribution < 1.29 is 19.1 Å². The van der Waals surface area contributed by atoms with Gasteiger partial charge < -0.3 is 14.4 Å². The van der Waals surface area contributed by atoms with Crippen molar-refractivity contribution in [2.75, 3.05) is 6.61 Å². The van der Waals surface area contributed by atoms with Crippen LogP contribution in [0.2, 0.25) is 0 Å². The van der Waals surface area contributed by atoms with E-state index in [0.29, 0.717) is 44.1 Å². The van der Waals surface area contributed by atoms with E-state index in [9.17, 15) is 9.59 Å². The summed E-state index contributed by atoms with van der Waals surface area (Å²) < 4.78 is 14.5. The van der Waals surface area contributed by atoms with Gasteiger partial charge in [-0.2, -0.15) is 0 Å². The number of allylic oxidation sites excluding steroid dienone is 4. The molecular formula is C39H41BrINO4. The number of nitrogens with zero attached hydrogens (tertiary/aromatic N) is 1. The Morgan fingerprint density at radius 1 is 0.804 bits per heavy atom. The first-order valence-electron chi connectivity index (χ1n) is 16.0. The average Bonchev–Trinajstić information content (AvgIpc) is 2.97. The van der Waals surface area contributed by atoms with Crippen LogP contribution in [-0.2, 0) is 22.7 Å². The minimum Gasteiger partial charge on any atom is -0.490 e. The number of carbonyl (C=O) groups excluding carboxylic acids is 2. The lowest BCUT2D eigenvalue weighted by atomic mass is 9.63. The molecular weight excluding hydrogens is 753 g/mol. The van der Waals surface area contributed by atoms with Crippen molar-refractivity contribution in [2.24, 2.45) is 10.8 Å². The number of ketones is 2. The zero-order valence-corrected chi connectivity index (χ0v) is 31.0. The molecule has 3 aromatic rings. The molecule has 46 heavy (non-hydrogen) atoms. The first-order chi connectivity index (χ1) is 21.9. The van der Waals surface area contributed by atoms with Gasteiger partial charge in [-0.3, -0.25) is 9.59 Å². The third-order valence-electron chi connectivity index (χ3n) is 9.17. The molecule has 0 radical (unpaired) electrons. The van der Waals surface area contributed by atoms with Crippen molar-refractivity contribution in [1.82, 2.24) is 4.90 Å². The average molecular weight is 795 g/mol. The Balaban J connectivity index is 1.51. The lowest BCUT2D eigenvalue weighted by Gasteiger charge is -2.49. The summed E-state index contributed by atoms with van der Waals surface area (Å²) in [6.07, 6.45) is 2.44. The van der Waals surface area contributed by atoms with Crippen LogP contribution in [0.15, 0.2) is 93.7 Å². The molecule has 6 rings (SSSR count). The Hall–Kier alpha value is -2.91. The standard InChI is InChI=1S/C39H41BrINO4/c1-6-45-33-17-26(16-28(41)37(33)46-23-25-12-14-27(40)15-13-25)34-35-29(18-38(2,3)20-31(35)43)42(22-24-10-8-7-9-11-24)30-19-39(4,5)21-32(44)36(30)34/h7-17,34H,6,18-23H2,1-5H3. The highest BCUT2D eigenvalue weighted by atomic mass is 127. The summed E-state index contributed by atoms with van der Waals surface area (Å²) in [7, 11) is 0. The molecule has 0 saturated carbocycles. The number of ether oxygens (including phenoxy) is 2. The summed E-state index contributed by atoms with van der Waals surface area (Å²) in [6, 6.07) is 22.5. The molecule has 0 spiro atoms. The Labute approximate surface area is 294 Å². The topological polar surface area (TPSA) is 55.8 Å². The summed E-state index contributed by atoms with van der Waals surface area (Å²) in [6.45, 7) is 12.2. The molecule has 0 N–H and O–H groups in total. The number of rotatable bonds is 8. The Morgan fingerprint density at radius 3 is 1.96 bits per heavy atom. The van der Waals surface area contributed by atoms with Crippen LogP contribution < -0.4 is 9.47 Å². The molecule has 0 fully saturated rings. The van der Waals surface area contributed by atoms with Crippen LogP contribution in [0.1, 0.15) is 82.9 Å². The van der Waals surface area contributed by atoms with Gasteiger partial charge in [-0.1, -0.05) is 86.1 Å². The number of halogens is 2. The lowest BCUT2D eigenvalue weighted by Crippen LogP contribution is -2.44. The minimum absolute atomic E-state index is 0.127. The van der Waals surface area contributed by atoms with Gasteiger partial charge in [-0.25, -0.2) is 0 Å². The SMILES string of the molecule is CCOc1cc(C2C3=C(CC(C)(C)CC3=O)N(Cc3ccccc3)C3=C2C(=O)CC(C)(C)C3)cc(I)c1OCc1ccc(Br)cc1. The Bertz CT molecular complexity index is 1690. The van der Waals surface area contributed by atoms with Gasteiger partial charge in [0.2, 0.25) is 0 Å². The summed E-state index contributed by atoms with van der Waals surface area (Å²) in [5, 5.41) is 0. The maximum Gasteiger partial charge on any atom is 0.174 e. The predicted molar refractivity (Wildman–Crippen MR) is 194 cm³/mol. The van der Waals surface area contributed by atoms with Crippen LogP contribution in [0.4, 0.5) is 0 Å². The number of benzene rings is 3. The summed E-state index contributed by atoms with van der Waals surface area (Å²) >= 11 is 5.81. The fourth-order valence-corrected chi connectivity index (χ4v) is 8.28. The van der Waals surface area contributed by atoms with Gasteiger partial charge in [-0.15, -0.1) is 0 Å². The summed E-state index contributed by atoms with van der Waals surface area (Å²) in [5.74, 6) is 1.11. The molecule has 0 saturated heterocycles. The van der Waals surface area contributed by atoms with Crippen molar-refractivity contribution >= 4 is 50.1 Å². The molecule has 5 nitrogen and oxygen atoms in total. The molecule has 3 aliphatic rings. The largest absolute Gasteiger partial charge is 0.490 e. The molecule has 0 unspecified atom stereocenters. The van der Waals surface area contributed by atoms with E-state index < -0.39 is 5.92 Å². The van der Waals surface area contributed by atoms with Crippen LogP contribution in [0, 0.1) is 14.4 Å². The van der Waals surface area contributed by atoms with E-state index in [1.807, 2.05) is 43.3 Å². The zero-order chi connectivity index (χ0) is 32.8. The summed E-state index contributed by atoms with van der Waals surface area (Å²) in [5.41, 5.74) is 6.40. The van der Waals surface area contributed by atoms with Crippen molar-refractivity contribution in [3.8, 4) is 11.5 Å². The van der Waals surface area contributed by atoms with Crippen LogP contribution in [0.25, 0.3) is 0 Å². The van der Waals surface area contributed by atoms with Crippen molar-refractivity contribution in [2.45, 2.75) is 79.4 Å². The zero-order valence-electron chi connectivity index (χ0n) is 27.2. The number of hydrogen-bond donors (Lipinski definition) is 0.